The van der Waals surface area contributed by atoms with Gasteiger partial charge in [-0.25, -0.2) is 19.7 Å². The fourth-order valence-electron chi connectivity index (χ4n) is 2.47. The molecule has 3 aromatic rings. The highest BCUT2D eigenvalue weighted by Gasteiger charge is 2.08. The van der Waals surface area contributed by atoms with E-state index in [-0.39, 0.29) is 0 Å². The maximum Gasteiger partial charge on any atom is 0.407 e. The van der Waals surface area contributed by atoms with E-state index < -0.39 is 6.09 Å². The number of nitrogens with zero attached hydrogens (tertiary/aromatic N) is 4. The lowest BCUT2D eigenvalue weighted by molar-refractivity contribution is 0.143. The number of unbranched alkanes of at least 4 members (excludes halogenated alkanes) is 1. The smallest absolute Gasteiger partial charge is 0.407 e. The van der Waals surface area contributed by atoms with Gasteiger partial charge in [-0.05, 0) is 24.5 Å². The first kappa shape index (κ1) is 17.9. The molecule has 0 bridgehead atoms. The summed E-state index contributed by atoms with van der Waals surface area (Å²) in [6, 6.07) is 7.34. The van der Waals surface area contributed by atoms with Gasteiger partial charge in [0.05, 0.1) is 12.9 Å². The molecule has 3 rings (SSSR count). The Balaban J connectivity index is 1.37. The number of aromatic nitrogens is 4. The minimum Gasteiger partial charge on any atom is -0.450 e. The van der Waals surface area contributed by atoms with Crippen molar-refractivity contribution in [3.8, 4) is 0 Å². The normalized spacial score (nSPS) is 10.8. The molecule has 1 aromatic carbocycles. The van der Waals surface area contributed by atoms with E-state index in [0.717, 1.165) is 18.4 Å². The number of carbonyl (C=O) groups is 1. The summed E-state index contributed by atoms with van der Waals surface area (Å²) in [6.07, 6.45) is 4.18. The van der Waals surface area contributed by atoms with Crippen LogP contribution < -0.4 is 11.1 Å². The van der Waals surface area contributed by atoms with Crippen molar-refractivity contribution in [1.29, 1.82) is 0 Å². The van der Waals surface area contributed by atoms with E-state index in [9.17, 15) is 4.79 Å². The van der Waals surface area contributed by atoms with Gasteiger partial charge in [-0.1, -0.05) is 29.8 Å². The summed E-state index contributed by atoms with van der Waals surface area (Å²) in [5.74, 6) is 0.368. The number of aryl methyl sites for hydroxylation is 1. The van der Waals surface area contributed by atoms with Gasteiger partial charge in [0.1, 0.15) is 11.8 Å². The minimum atomic E-state index is -0.460. The number of anilines is 1. The number of ether oxygens (including phenoxy) is 1. The lowest BCUT2D eigenvalue weighted by atomic mass is 10.2. The number of alkyl carbamates (subject to hydrolysis) is 1. The van der Waals surface area contributed by atoms with Gasteiger partial charge < -0.3 is 20.4 Å². The molecule has 0 aliphatic carbocycles. The summed E-state index contributed by atoms with van der Waals surface area (Å²) in [7, 11) is 0. The van der Waals surface area contributed by atoms with E-state index in [1.54, 1.807) is 12.4 Å². The van der Waals surface area contributed by atoms with Crippen LogP contribution in [0.15, 0.2) is 36.9 Å². The van der Waals surface area contributed by atoms with E-state index in [1.807, 2.05) is 22.8 Å². The highest BCUT2D eigenvalue weighted by molar-refractivity contribution is 6.31. The van der Waals surface area contributed by atoms with Crippen molar-refractivity contribution in [1.82, 2.24) is 24.8 Å². The van der Waals surface area contributed by atoms with Crippen LogP contribution in [0.2, 0.25) is 5.02 Å². The van der Waals surface area contributed by atoms with Crippen molar-refractivity contribution < 1.29 is 9.53 Å². The Kier molecular flexibility index (Phi) is 5.85. The second-order valence-electron chi connectivity index (χ2n) is 5.66. The fraction of sp³-hybridized carbons (Fsp3) is 0.294. The molecule has 2 heterocycles. The summed E-state index contributed by atoms with van der Waals surface area (Å²) in [5, 5.41) is 3.30. The molecular formula is C17H19ClN6O2. The van der Waals surface area contributed by atoms with Crippen molar-refractivity contribution >= 4 is 34.7 Å². The number of halogens is 1. The maximum absolute atomic E-state index is 11.7. The third kappa shape index (κ3) is 4.40. The van der Waals surface area contributed by atoms with Crippen molar-refractivity contribution in [2.24, 2.45) is 0 Å². The van der Waals surface area contributed by atoms with Crippen LogP contribution >= 0.6 is 11.6 Å². The Labute approximate surface area is 155 Å². The highest BCUT2D eigenvalue weighted by atomic mass is 35.5. The topological polar surface area (TPSA) is 108 Å². The quantitative estimate of drug-likeness (QED) is 0.615. The van der Waals surface area contributed by atoms with Crippen molar-refractivity contribution in [3.05, 3.63) is 47.5 Å². The molecule has 1 amide bonds. The number of benzene rings is 1. The molecule has 0 saturated carbocycles. The van der Waals surface area contributed by atoms with Crippen LogP contribution in [-0.4, -0.2) is 32.2 Å². The molecule has 0 aliphatic rings. The van der Waals surface area contributed by atoms with Crippen LogP contribution in [0.5, 0.6) is 0 Å². The molecule has 0 aliphatic heterocycles. The van der Waals surface area contributed by atoms with Gasteiger partial charge in [0, 0.05) is 18.1 Å². The molecule has 0 unspecified atom stereocenters. The number of rotatable bonds is 7. The Morgan fingerprint density at radius 1 is 1.23 bits per heavy atom. The first-order valence-corrected chi connectivity index (χ1v) is 8.58. The largest absolute Gasteiger partial charge is 0.450 e. The number of nitrogen functional groups attached to an aromatic ring is 1. The number of hydrogen-bond acceptors (Lipinski definition) is 6. The van der Waals surface area contributed by atoms with Crippen LogP contribution in [0.1, 0.15) is 18.4 Å². The van der Waals surface area contributed by atoms with Gasteiger partial charge >= 0.3 is 6.09 Å². The Morgan fingerprint density at radius 3 is 2.92 bits per heavy atom. The van der Waals surface area contributed by atoms with Crippen molar-refractivity contribution in [2.75, 3.05) is 12.3 Å². The molecule has 0 atom stereocenters. The second kappa shape index (κ2) is 8.48. The first-order chi connectivity index (χ1) is 12.6. The zero-order chi connectivity index (χ0) is 18.4. The summed E-state index contributed by atoms with van der Waals surface area (Å²) in [6.45, 7) is 1.37. The number of imidazole rings is 1. The van der Waals surface area contributed by atoms with Gasteiger partial charge in [-0.3, -0.25) is 0 Å². The molecule has 0 saturated heterocycles. The molecule has 8 nitrogen and oxygen atoms in total. The number of carbonyl (C=O) groups excluding carboxylic acids is 1. The van der Waals surface area contributed by atoms with Crippen LogP contribution in [0, 0.1) is 0 Å². The molecule has 0 fully saturated rings. The third-order valence-electron chi connectivity index (χ3n) is 3.84. The standard InChI is InChI=1S/C17H19ClN6O2/c18-13-6-2-1-5-12(13)9-20-17(25)26-8-4-3-7-24-11-23-14-15(19)21-10-22-16(14)24/h1-2,5-6,10-11H,3-4,7-9H2,(H,20,25)(H2,19,21,22). The van der Waals surface area contributed by atoms with Gasteiger partial charge in [-0.15, -0.1) is 0 Å². The van der Waals surface area contributed by atoms with Gasteiger partial charge in [0.15, 0.2) is 11.5 Å². The van der Waals surface area contributed by atoms with Crippen LogP contribution in [-0.2, 0) is 17.8 Å². The molecule has 26 heavy (non-hydrogen) atoms. The zero-order valence-corrected chi connectivity index (χ0v) is 14.8. The number of nitrogens with one attached hydrogen (secondary N) is 1. The van der Waals surface area contributed by atoms with E-state index in [0.29, 0.717) is 41.7 Å². The molecule has 2 aromatic heterocycles. The molecule has 9 heteroatoms. The van der Waals surface area contributed by atoms with Gasteiger partial charge in [0.25, 0.3) is 0 Å². The summed E-state index contributed by atoms with van der Waals surface area (Å²) in [5.41, 5.74) is 7.91. The fourth-order valence-corrected chi connectivity index (χ4v) is 2.67. The SMILES string of the molecule is Nc1ncnc2c1ncn2CCCCOC(=O)NCc1ccccc1Cl. The molecule has 3 N–H and O–H groups in total. The third-order valence-corrected chi connectivity index (χ3v) is 4.21. The summed E-state index contributed by atoms with van der Waals surface area (Å²) >= 11 is 6.04. The lowest BCUT2D eigenvalue weighted by Gasteiger charge is -2.08. The Bertz CT molecular complexity index is 898. The van der Waals surface area contributed by atoms with E-state index >= 15 is 0 Å². The first-order valence-electron chi connectivity index (χ1n) is 8.20. The average Bonchev–Trinajstić information content (AvgIpc) is 3.05. The number of hydrogen-bond donors (Lipinski definition) is 2. The minimum absolute atomic E-state index is 0.331. The number of nitrogens with two attached hydrogens (primary N) is 1. The van der Waals surface area contributed by atoms with Gasteiger partial charge in [-0.2, -0.15) is 0 Å². The van der Waals surface area contributed by atoms with E-state index in [1.165, 1.54) is 6.33 Å². The monoisotopic (exact) mass is 374 g/mol. The molecule has 0 radical (unpaired) electrons. The zero-order valence-electron chi connectivity index (χ0n) is 14.1. The maximum atomic E-state index is 11.7. The number of amides is 1. The molecule has 0 spiro atoms. The summed E-state index contributed by atoms with van der Waals surface area (Å²) < 4.78 is 7.07. The Morgan fingerprint density at radius 2 is 2.08 bits per heavy atom. The van der Waals surface area contributed by atoms with Crippen LogP contribution in [0.25, 0.3) is 11.2 Å². The lowest BCUT2D eigenvalue weighted by Crippen LogP contribution is -2.24. The number of fused-ring (bicyclic) bond motifs is 1. The van der Waals surface area contributed by atoms with Crippen molar-refractivity contribution in [2.45, 2.75) is 25.9 Å². The van der Waals surface area contributed by atoms with E-state index in [4.69, 9.17) is 22.1 Å². The molecular weight excluding hydrogens is 356 g/mol. The predicted molar refractivity (Wildman–Crippen MR) is 98.6 cm³/mol. The molecule has 136 valence electrons. The average molecular weight is 375 g/mol. The van der Waals surface area contributed by atoms with Crippen LogP contribution in [0.4, 0.5) is 10.6 Å². The second-order valence-corrected chi connectivity index (χ2v) is 6.06. The Hall–Kier alpha value is -2.87. The van der Waals surface area contributed by atoms with Gasteiger partial charge in [0.2, 0.25) is 0 Å². The predicted octanol–water partition coefficient (Wildman–Crippen LogP) is 2.77. The van der Waals surface area contributed by atoms with E-state index in [2.05, 4.69) is 20.3 Å². The van der Waals surface area contributed by atoms with Crippen LogP contribution in [0.3, 0.4) is 0 Å². The highest BCUT2D eigenvalue weighted by Crippen LogP contribution is 2.15. The van der Waals surface area contributed by atoms with Crippen molar-refractivity contribution in [3.63, 3.8) is 0 Å². The summed E-state index contributed by atoms with van der Waals surface area (Å²) in [4.78, 5) is 24.0.